The summed E-state index contributed by atoms with van der Waals surface area (Å²) in [5, 5.41) is -0.194. The van der Waals surface area contributed by atoms with Crippen LogP contribution in [-0.4, -0.2) is 67.3 Å². The van der Waals surface area contributed by atoms with Crippen molar-refractivity contribution in [3.63, 3.8) is 0 Å². The zero-order valence-electron chi connectivity index (χ0n) is 18.3. The van der Waals surface area contributed by atoms with Crippen molar-refractivity contribution < 1.29 is 17.9 Å². The van der Waals surface area contributed by atoms with Gasteiger partial charge in [-0.25, -0.2) is 8.42 Å². The molecule has 0 N–H and O–H groups in total. The number of rotatable bonds is 8. The van der Waals surface area contributed by atoms with E-state index in [4.69, 9.17) is 4.74 Å². The molecule has 1 amide bonds. The average molecular weight is 463 g/mol. The summed E-state index contributed by atoms with van der Waals surface area (Å²) < 4.78 is 32.7. The number of hydrogen-bond acceptors (Lipinski definition) is 5. The molecule has 168 valence electrons. The molecule has 2 aromatic carbocycles. The van der Waals surface area contributed by atoms with Crippen LogP contribution in [0.4, 0.5) is 0 Å². The molecule has 1 atom stereocenters. The van der Waals surface area contributed by atoms with Gasteiger partial charge in [0, 0.05) is 31.9 Å². The molecule has 31 heavy (non-hydrogen) atoms. The molecule has 0 aliphatic carbocycles. The van der Waals surface area contributed by atoms with Crippen LogP contribution in [0.3, 0.4) is 0 Å². The van der Waals surface area contributed by atoms with Gasteiger partial charge >= 0.3 is 0 Å². The zero-order valence-corrected chi connectivity index (χ0v) is 19.9. The van der Waals surface area contributed by atoms with Crippen LogP contribution >= 0.6 is 11.8 Å². The minimum atomic E-state index is -3.51. The van der Waals surface area contributed by atoms with E-state index in [9.17, 15) is 13.2 Å². The molecule has 8 heteroatoms. The molecular weight excluding hydrogens is 432 g/mol. The van der Waals surface area contributed by atoms with E-state index >= 15 is 0 Å². The third kappa shape index (κ3) is 6.24. The zero-order chi connectivity index (χ0) is 22.4. The van der Waals surface area contributed by atoms with Crippen molar-refractivity contribution >= 4 is 27.7 Å². The highest BCUT2D eigenvalue weighted by molar-refractivity contribution is 8.00. The van der Waals surface area contributed by atoms with E-state index < -0.39 is 10.0 Å². The molecular formula is C23H30N2O4S2. The number of sulfonamides is 1. The molecule has 1 saturated heterocycles. The number of benzene rings is 2. The van der Waals surface area contributed by atoms with Crippen LogP contribution in [0.1, 0.15) is 18.1 Å². The molecule has 0 saturated carbocycles. The minimum absolute atomic E-state index is 0.0492. The standard InChI is InChI=1S/C23H30N2O4S2/c1-18-15-19(2)17-21(16-18)29-13-14-30-20(3)23(26)24-9-11-25(12-10-24)31(27,28)22-7-5-4-6-8-22/h4-8,15-17,20H,9-14H2,1-3H3/t20-/m1/s1. The van der Waals surface area contributed by atoms with Crippen molar-refractivity contribution in [1.82, 2.24) is 9.21 Å². The fraction of sp³-hybridized carbons (Fsp3) is 0.435. The second-order valence-corrected chi connectivity index (χ2v) is 11.1. The SMILES string of the molecule is Cc1cc(C)cc(OCCS[C@H](C)C(=O)N2CCN(S(=O)(=O)c3ccccc3)CC2)c1. The van der Waals surface area contributed by atoms with Crippen molar-refractivity contribution in [1.29, 1.82) is 0 Å². The Bertz CT molecular complexity index is 968. The van der Waals surface area contributed by atoms with Crippen LogP contribution in [0.25, 0.3) is 0 Å². The molecule has 1 aliphatic heterocycles. The Balaban J connectivity index is 1.43. The number of carbonyl (C=O) groups is 1. The summed E-state index contributed by atoms with van der Waals surface area (Å²) in [6, 6.07) is 14.6. The van der Waals surface area contributed by atoms with Gasteiger partial charge in [-0.1, -0.05) is 24.3 Å². The van der Waals surface area contributed by atoms with Crippen molar-refractivity contribution in [3.05, 3.63) is 59.7 Å². The van der Waals surface area contributed by atoms with Gasteiger partial charge < -0.3 is 9.64 Å². The molecule has 6 nitrogen and oxygen atoms in total. The Kier molecular flexibility index (Phi) is 8.02. The fourth-order valence-corrected chi connectivity index (χ4v) is 5.89. The van der Waals surface area contributed by atoms with Gasteiger partial charge in [-0.3, -0.25) is 4.79 Å². The molecule has 0 radical (unpaired) electrons. The summed E-state index contributed by atoms with van der Waals surface area (Å²) in [6.07, 6.45) is 0. The van der Waals surface area contributed by atoms with E-state index in [-0.39, 0.29) is 11.2 Å². The van der Waals surface area contributed by atoms with Gasteiger partial charge in [0.15, 0.2) is 0 Å². The topological polar surface area (TPSA) is 66.9 Å². The highest BCUT2D eigenvalue weighted by Crippen LogP contribution is 2.20. The maximum atomic E-state index is 12.8. The quantitative estimate of drug-likeness (QED) is 0.563. The molecule has 1 fully saturated rings. The van der Waals surface area contributed by atoms with Crippen molar-refractivity contribution in [2.75, 3.05) is 38.5 Å². The molecule has 0 spiro atoms. The van der Waals surface area contributed by atoms with Gasteiger partial charge in [0.2, 0.25) is 15.9 Å². The molecule has 0 unspecified atom stereocenters. The Morgan fingerprint density at radius 2 is 1.65 bits per heavy atom. The lowest BCUT2D eigenvalue weighted by molar-refractivity contribution is -0.131. The number of aryl methyl sites for hydroxylation is 2. The second kappa shape index (κ2) is 10.5. The van der Waals surface area contributed by atoms with E-state index in [1.54, 1.807) is 47.0 Å². The van der Waals surface area contributed by atoms with E-state index in [1.165, 1.54) is 15.4 Å². The van der Waals surface area contributed by atoms with E-state index in [1.807, 2.05) is 32.9 Å². The third-order valence-corrected chi connectivity index (χ3v) is 8.21. The first-order valence-corrected chi connectivity index (χ1v) is 12.9. The van der Waals surface area contributed by atoms with Crippen LogP contribution in [0.5, 0.6) is 5.75 Å². The number of amides is 1. The van der Waals surface area contributed by atoms with Gasteiger partial charge in [-0.15, -0.1) is 11.8 Å². The maximum absolute atomic E-state index is 12.8. The summed E-state index contributed by atoms with van der Waals surface area (Å²) in [4.78, 5) is 14.8. The first-order chi connectivity index (χ1) is 14.8. The van der Waals surface area contributed by atoms with E-state index in [0.717, 1.165) is 5.75 Å². The lowest BCUT2D eigenvalue weighted by Gasteiger charge is -2.35. The number of ether oxygens (including phenoxy) is 1. The molecule has 1 aliphatic rings. The van der Waals surface area contributed by atoms with E-state index in [2.05, 4.69) is 6.07 Å². The normalized spacial score (nSPS) is 16.2. The smallest absolute Gasteiger partial charge is 0.243 e. The average Bonchev–Trinajstić information content (AvgIpc) is 2.76. The maximum Gasteiger partial charge on any atom is 0.243 e. The highest BCUT2D eigenvalue weighted by Gasteiger charge is 2.31. The van der Waals surface area contributed by atoms with Crippen molar-refractivity contribution in [2.24, 2.45) is 0 Å². The fourth-order valence-electron chi connectivity index (χ4n) is 3.62. The number of piperazine rings is 1. The number of nitrogens with zero attached hydrogens (tertiary/aromatic N) is 2. The Morgan fingerprint density at radius 1 is 1.03 bits per heavy atom. The lowest BCUT2D eigenvalue weighted by Crippen LogP contribution is -2.52. The summed E-state index contributed by atoms with van der Waals surface area (Å²) in [5.74, 6) is 1.61. The number of hydrogen-bond donors (Lipinski definition) is 0. The molecule has 0 bridgehead atoms. The molecule has 0 aromatic heterocycles. The van der Waals surface area contributed by atoms with Gasteiger partial charge in [0.25, 0.3) is 0 Å². The summed E-state index contributed by atoms with van der Waals surface area (Å²) in [7, 11) is -3.51. The lowest BCUT2D eigenvalue weighted by atomic mass is 10.1. The molecule has 3 rings (SSSR count). The van der Waals surface area contributed by atoms with Gasteiger partial charge in [0.1, 0.15) is 5.75 Å². The van der Waals surface area contributed by atoms with Crippen molar-refractivity contribution in [3.8, 4) is 5.75 Å². The highest BCUT2D eigenvalue weighted by atomic mass is 32.2. The van der Waals surface area contributed by atoms with Crippen LogP contribution in [0.15, 0.2) is 53.4 Å². The number of carbonyl (C=O) groups excluding carboxylic acids is 1. The van der Waals surface area contributed by atoms with Crippen LogP contribution in [0, 0.1) is 13.8 Å². The monoisotopic (exact) mass is 462 g/mol. The largest absolute Gasteiger partial charge is 0.493 e. The predicted octanol–water partition coefficient (Wildman–Crippen LogP) is 3.34. The Morgan fingerprint density at radius 3 is 2.26 bits per heavy atom. The van der Waals surface area contributed by atoms with Crippen LogP contribution in [0.2, 0.25) is 0 Å². The summed E-state index contributed by atoms with van der Waals surface area (Å²) in [6.45, 7) is 7.97. The van der Waals surface area contributed by atoms with Crippen LogP contribution < -0.4 is 4.74 Å². The van der Waals surface area contributed by atoms with Crippen LogP contribution in [-0.2, 0) is 14.8 Å². The first kappa shape index (κ1) is 23.6. The van der Waals surface area contributed by atoms with E-state index in [0.29, 0.717) is 43.4 Å². The summed E-state index contributed by atoms with van der Waals surface area (Å²) in [5.41, 5.74) is 2.33. The number of thioether (sulfide) groups is 1. The Hall–Kier alpha value is -2.03. The van der Waals surface area contributed by atoms with Crippen molar-refractivity contribution in [2.45, 2.75) is 30.9 Å². The Labute approximate surface area is 189 Å². The van der Waals surface area contributed by atoms with Gasteiger partial charge in [-0.05, 0) is 56.2 Å². The molecule has 1 heterocycles. The third-order valence-electron chi connectivity index (χ3n) is 5.19. The van der Waals surface area contributed by atoms with Gasteiger partial charge in [0.05, 0.1) is 16.8 Å². The first-order valence-electron chi connectivity index (χ1n) is 10.4. The second-order valence-electron chi connectivity index (χ2n) is 7.73. The van der Waals surface area contributed by atoms with Gasteiger partial charge in [-0.2, -0.15) is 4.31 Å². The molecule has 2 aromatic rings. The minimum Gasteiger partial charge on any atom is -0.493 e. The predicted molar refractivity (Wildman–Crippen MR) is 125 cm³/mol. The summed E-state index contributed by atoms with van der Waals surface area (Å²) >= 11 is 1.56.